The molecule has 0 fully saturated rings. The Morgan fingerprint density at radius 1 is 1.41 bits per heavy atom. The summed E-state index contributed by atoms with van der Waals surface area (Å²) >= 11 is 0. The van der Waals surface area contributed by atoms with Crippen LogP contribution in [-0.4, -0.2) is 45.6 Å². The zero-order chi connectivity index (χ0) is 12.7. The van der Waals surface area contributed by atoms with Gasteiger partial charge in [0.1, 0.15) is 0 Å². The van der Waals surface area contributed by atoms with Gasteiger partial charge in [-0.25, -0.2) is 0 Å². The summed E-state index contributed by atoms with van der Waals surface area (Å²) in [6.45, 7) is 13.5. The SMILES string of the molecule is CCNCc1cn(CCN(CC)C(C)C)nn1. The fourth-order valence-electron chi connectivity index (χ4n) is 1.79. The molecule has 0 aliphatic rings. The molecule has 0 aromatic carbocycles. The molecule has 0 amide bonds. The van der Waals surface area contributed by atoms with Gasteiger partial charge in [0.2, 0.25) is 0 Å². The van der Waals surface area contributed by atoms with Crippen molar-refractivity contribution in [1.29, 1.82) is 0 Å². The summed E-state index contributed by atoms with van der Waals surface area (Å²) in [6.07, 6.45) is 2.02. The summed E-state index contributed by atoms with van der Waals surface area (Å²) in [6, 6.07) is 0.588. The minimum Gasteiger partial charge on any atom is -0.311 e. The number of hydrogen-bond acceptors (Lipinski definition) is 4. The van der Waals surface area contributed by atoms with Crippen molar-refractivity contribution in [2.45, 2.75) is 46.8 Å². The van der Waals surface area contributed by atoms with E-state index in [4.69, 9.17) is 0 Å². The van der Waals surface area contributed by atoms with Crippen LogP contribution in [0, 0.1) is 0 Å². The van der Waals surface area contributed by atoms with Gasteiger partial charge in [0.25, 0.3) is 0 Å². The summed E-state index contributed by atoms with van der Waals surface area (Å²) in [5, 5.41) is 11.5. The Balaban J connectivity index is 2.38. The minimum atomic E-state index is 0.588. The third kappa shape index (κ3) is 4.83. The number of nitrogens with zero attached hydrogens (tertiary/aromatic N) is 4. The van der Waals surface area contributed by atoms with Gasteiger partial charge in [0.05, 0.1) is 12.2 Å². The van der Waals surface area contributed by atoms with Gasteiger partial charge in [0, 0.05) is 25.3 Å². The first kappa shape index (κ1) is 14.1. The van der Waals surface area contributed by atoms with Gasteiger partial charge >= 0.3 is 0 Å². The van der Waals surface area contributed by atoms with Gasteiger partial charge in [0.15, 0.2) is 0 Å². The van der Waals surface area contributed by atoms with Crippen LogP contribution in [0.1, 0.15) is 33.4 Å². The van der Waals surface area contributed by atoms with E-state index < -0.39 is 0 Å². The van der Waals surface area contributed by atoms with E-state index >= 15 is 0 Å². The van der Waals surface area contributed by atoms with Crippen molar-refractivity contribution in [2.24, 2.45) is 0 Å². The van der Waals surface area contributed by atoms with Crippen molar-refractivity contribution in [3.63, 3.8) is 0 Å². The van der Waals surface area contributed by atoms with Crippen molar-refractivity contribution >= 4 is 0 Å². The molecule has 0 saturated heterocycles. The van der Waals surface area contributed by atoms with Gasteiger partial charge in [-0.3, -0.25) is 9.58 Å². The van der Waals surface area contributed by atoms with Crippen LogP contribution in [0.3, 0.4) is 0 Å². The van der Waals surface area contributed by atoms with Gasteiger partial charge in [-0.15, -0.1) is 5.10 Å². The largest absolute Gasteiger partial charge is 0.311 e. The Labute approximate surface area is 104 Å². The Hall–Kier alpha value is -0.940. The Bertz CT molecular complexity index is 308. The third-order valence-corrected chi connectivity index (χ3v) is 2.90. The second-order valence-corrected chi connectivity index (χ2v) is 4.48. The topological polar surface area (TPSA) is 46.0 Å². The number of rotatable bonds is 8. The zero-order valence-electron chi connectivity index (χ0n) is 11.5. The average molecular weight is 239 g/mol. The van der Waals surface area contributed by atoms with Crippen molar-refractivity contribution in [3.05, 3.63) is 11.9 Å². The number of nitrogens with one attached hydrogen (secondary N) is 1. The first-order valence-electron chi connectivity index (χ1n) is 6.51. The van der Waals surface area contributed by atoms with E-state index in [1.54, 1.807) is 0 Å². The van der Waals surface area contributed by atoms with Crippen LogP contribution >= 0.6 is 0 Å². The van der Waals surface area contributed by atoms with E-state index in [9.17, 15) is 0 Å². The third-order valence-electron chi connectivity index (χ3n) is 2.90. The molecule has 1 N–H and O–H groups in total. The summed E-state index contributed by atoms with van der Waals surface area (Å²) in [5.41, 5.74) is 1.01. The van der Waals surface area contributed by atoms with E-state index in [-0.39, 0.29) is 0 Å². The first-order chi connectivity index (χ1) is 8.17. The summed E-state index contributed by atoms with van der Waals surface area (Å²) < 4.78 is 1.93. The van der Waals surface area contributed by atoms with Crippen LogP contribution in [0.2, 0.25) is 0 Å². The van der Waals surface area contributed by atoms with Crippen LogP contribution in [-0.2, 0) is 13.1 Å². The maximum absolute atomic E-state index is 4.13. The average Bonchev–Trinajstić information content (AvgIpc) is 2.75. The van der Waals surface area contributed by atoms with E-state index in [1.165, 1.54) is 0 Å². The predicted octanol–water partition coefficient (Wildman–Crippen LogP) is 1.12. The molecule has 0 aliphatic carbocycles. The number of hydrogen-bond donors (Lipinski definition) is 1. The molecule has 0 radical (unpaired) electrons. The van der Waals surface area contributed by atoms with Gasteiger partial charge < -0.3 is 5.32 Å². The lowest BCUT2D eigenvalue weighted by atomic mass is 10.3. The molecule has 0 aliphatic heterocycles. The second kappa shape index (κ2) is 7.40. The highest BCUT2D eigenvalue weighted by Gasteiger charge is 2.07. The molecule has 17 heavy (non-hydrogen) atoms. The maximum Gasteiger partial charge on any atom is 0.0964 e. The molecule has 1 aromatic heterocycles. The van der Waals surface area contributed by atoms with Crippen LogP contribution in [0.15, 0.2) is 6.20 Å². The summed E-state index contributed by atoms with van der Waals surface area (Å²) in [5.74, 6) is 0. The molecule has 98 valence electrons. The number of likely N-dealkylation sites (N-methyl/N-ethyl adjacent to an activating group) is 1. The van der Waals surface area contributed by atoms with Crippen LogP contribution < -0.4 is 5.32 Å². The van der Waals surface area contributed by atoms with Gasteiger partial charge in [-0.05, 0) is 26.9 Å². The second-order valence-electron chi connectivity index (χ2n) is 4.48. The molecule has 0 atom stereocenters. The van der Waals surface area contributed by atoms with Crippen LogP contribution in [0.25, 0.3) is 0 Å². The van der Waals surface area contributed by atoms with Crippen molar-refractivity contribution < 1.29 is 0 Å². The van der Waals surface area contributed by atoms with Crippen molar-refractivity contribution in [1.82, 2.24) is 25.2 Å². The van der Waals surface area contributed by atoms with Gasteiger partial charge in [-0.1, -0.05) is 19.1 Å². The van der Waals surface area contributed by atoms with E-state index in [2.05, 4.69) is 48.2 Å². The zero-order valence-corrected chi connectivity index (χ0v) is 11.5. The predicted molar refractivity (Wildman–Crippen MR) is 69.8 cm³/mol. The van der Waals surface area contributed by atoms with E-state index in [0.29, 0.717) is 6.04 Å². The molecule has 1 rings (SSSR count). The van der Waals surface area contributed by atoms with Crippen LogP contribution in [0.4, 0.5) is 0 Å². The normalized spacial score (nSPS) is 11.6. The molecular formula is C12H25N5. The van der Waals surface area contributed by atoms with E-state index in [1.807, 2.05) is 10.9 Å². The molecule has 0 unspecified atom stereocenters. The summed E-state index contributed by atoms with van der Waals surface area (Å²) in [7, 11) is 0. The molecule has 0 bridgehead atoms. The van der Waals surface area contributed by atoms with E-state index in [0.717, 1.165) is 38.4 Å². The van der Waals surface area contributed by atoms with Crippen molar-refractivity contribution in [2.75, 3.05) is 19.6 Å². The molecule has 5 heteroatoms. The standard InChI is InChI=1S/C12H25N5/c1-5-13-9-12-10-17(15-14-12)8-7-16(6-2)11(3)4/h10-11,13H,5-9H2,1-4H3. The maximum atomic E-state index is 4.13. The molecular weight excluding hydrogens is 214 g/mol. The lowest BCUT2D eigenvalue weighted by molar-refractivity contribution is 0.220. The molecule has 5 nitrogen and oxygen atoms in total. The molecule has 0 saturated carbocycles. The molecule has 1 aromatic rings. The fraction of sp³-hybridized carbons (Fsp3) is 0.833. The summed E-state index contributed by atoms with van der Waals surface area (Å²) in [4.78, 5) is 2.42. The van der Waals surface area contributed by atoms with Gasteiger partial charge in [-0.2, -0.15) is 0 Å². The quantitative estimate of drug-likeness (QED) is 0.738. The monoisotopic (exact) mass is 239 g/mol. The number of aromatic nitrogens is 3. The Morgan fingerprint density at radius 2 is 2.18 bits per heavy atom. The van der Waals surface area contributed by atoms with Crippen LogP contribution in [0.5, 0.6) is 0 Å². The fourth-order valence-corrected chi connectivity index (χ4v) is 1.79. The lowest BCUT2D eigenvalue weighted by Gasteiger charge is -2.24. The highest BCUT2D eigenvalue weighted by Crippen LogP contribution is 1.99. The lowest BCUT2D eigenvalue weighted by Crippen LogP contribution is -2.33. The Kier molecular flexibility index (Phi) is 6.15. The highest BCUT2D eigenvalue weighted by atomic mass is 15.4. The molecule has 1 heterocycles. The highest BCUT2D eigenvalue weighted by molar-refractivity contribution is 4.91. The Morgan fingerprint density at radius 3 is 2.76 bits per heavy atom. The molecule has 0 spiro atoms. The minimum absolute atomic E-state index is 0.588. The smallest absolute Gasteiger partial charge is 0.0964 e. The van der Waals surface area contributed by atoms with Crippen molar-refractivity contribution in [3.8, 4) is 0 Å². The first-order valence-corrected chi connectivity index (χ1v) is 6.51.